The highest BCUT2D eigenvalue weighted by atomic mass is 32.2. The highest BCUT2D eigenvalue weighted by Gasteiger charge is 2.39. The van der Waals surface area contributed by atoms with Crippen LogP contribution in [0.2, 0.25) is 0 Å². The van der Waals surface area contributed by atoms with Crippen molar-refractivity contribution in [3.8, 4) is 0 Å². The second-order valence-electron chi connectivity index (χ2n) is 5.43. The summed E-state index contributed by atoms with van der Waals surface area (Å²) in [6.45, 7) is 1.30. The standard InChI is InChI=1S/C13H16F4N4O2S/c1-8-7-20(4-5-21(8)24(22,23)12(18)19)11-3-2-9(14)6-10(11)13(15,16)17/h2-3,6,8H,4-5,7H2,1H3,(H3,18,19). The molecule has 1 aromatic rings. The van der Waals surface area contributed by atoms with Gasteiger partial charge in [-0.05, 0) is 25.1 Å². The SMILES string of the molecule is CC1CN(c2ccc(F)cc2C(F)(F)F)CCN1S(=O)(=O)C(=N)N. The Morgan fingerprint density at radius 1 is 1.33 bits per heavy atom. The van der Waals surface area contributed by atoms with Gasteiger partial charge in [-0.1, -0.05) is 0 Å². The zero-order valence-corrected chi connectivity index (χ0v) is 13.5. The van der Waals surface area contributed by atoms with Crippen LogP contribution in [0.4, 0.5) is 23.2 Å². The number of nitrogens with two attached hydrogens (primary N) is 1. The van der Waals surface area contributed by atoms with E-state index in [-0.39, 0.29) is 25.3 Å². The van der Waals surface area contributed by atoms with Gasteiger partial charge in [-0.25, -0.2) is 12.8 Å². The van der Waals surface area contributed by atoms with Crippen LogP contribution in [0, 0.1) is 11.2 Å². The molecule has 134 valence electrons. The Morgan fingerprint density at radius 2 is 1.96 bits per heavy atom. The van der Waals surface area contributed by atoms with Crippen molar-refractivity contribution < 1.29 is 26.0 Å². The van der Waals surface area contributed by atoms with Gasteiger partial charge in [-0.15, -0.1) is 0 Å². The summed E-state index contributed by atoms with van der Waals surface area (Å²) in [5.74, 6) is -1.00. The molecule has 24 heavy (non-hydrogen) atoms. The molecule has 1 aromatic carbocycles. The van der Waals surface area contributed by atoms with Crippen LogP contribution in [-0.2, 0) is 16.2 Å². The number of piperazine rings is 1. The molecule has 0 bridgehead atoms. The van der Waals surface area contributed by atoms with Crippen LogP contribution in [0.3, 0.4) is 0 Å². The van der Waals surface area contributed by atoms with Gasteiger partial charge in [0.2, 0.25) is 5.17 Å². The summed E-state index contributed by atoms with van der Waals surface area (Å²) >= 11 is 0. The number of halogens is 4. The quantitative estimate of drug-likeness (QED) is 0.471. The molecule has 1 aliphatic rings. The van der Waals surface area contributed by atoms with Crippen molar-refractivity contribution in [3.05, 3.63) is 29.6 Å². The minimum atomic E-state index is -4.73. The first kappa shape index (κ1) is 18.5. The Morgan fingerprint density at radius 3 is 2.46 bits per heavy atom. The largest absolute Gasteiger partial charge is 0.418 e. The second kappa shape index (κ2) is 6.20. The van der Waals surface area contributed by atoms with Crippen LogP contribution in [0.5, 0.6) is 0 Å². The predicted molar refractivity (Wildman–Crippen MR) is 80.6 cm³/mol. The number of alkyl halides is 3. The van der Waals surface area contributed by atoms with Crippen molar-refractivity contribution in [1.29, 1.82) is 5.41 Å². The third-order valence-corrected chi connectivity index (χ3v) is 5.47. The lowest BCUT2D eigenvalue weighted by Crippen LogP contribution is -2.56. The molecule has 1 saturated heterocycles. The maximum Gasteiger partial charge on any atom is 0.418 e. The van der Waals surface area contributed by atoms with Crippen molar-refractivity contribution >= 4 is 20.9 Å². The van der Waals surface area contributed by atoms with E-state index in [0.717, 1.165) is 16.4 Å². The molecule has 0 radical (unpaired) electrons. The molecule has 0 saturated carbocycles. The molecule has 2 rings (SSSR count). The maximum absolute atomic E-state index is 13.2. The van der Waals surface area contributed by atoms with Gasteiger partial charge in [0.25, 0.3) is 10.0 Å². The number of rotatable bonds is 2. The molecule has 0 spiro atoms. The first-order valence-corrected chi connectivity index (χ1v) is 8.36. The predicted octanol–water partition coefficient (Wildman–Crippen LogP) is 1.58. The van der Waals surface area contributed by atoms with E-state index in [1.807, 2.05) is 0 Å². The summed E-state index contributed by atoms with van der Waals surface area (Å²) in [6, 6.07) is 1.67. The monoisotopic (exact) mass is 368 g/mol. The average Bonchev–Trinajstić information content (AvgIpc) is 2.45. The number of amidine groups is 1. The van der Waals surface area contributed by atoms with Crippen LogP contribution in [-0.4, -0.2) is 43.6 Å². The fourth-order valence-corrected chi connectivity index (χ4v) is 3.77. The van der Waals surface area contributed by atoms with E-state index in [1.165, 1.54) is 11.8 Å². The van der Waals surface area contributed by atoms with Crippen LogP contribution < -0.4 is 10.6 Å². The minimum Gasteiger partial charge on any atom is -0.373 e. The van der Waals surface area contributed by atoms with Crippen LogP contribution >= 0.6 is 0 Å². The summed E-state index contributed by atoms with van der Waals surface area (Å²) in [4.78, 5) is 1.35. The lowest BCUT2D eigenvalue weighted by atomic mass is 10.1. The first-order chi connectivity index (χ1) is 10.9. The van der Waals surface area contributed by atoms with Crippen molar-refractivity contribution in [1.82, 2.24) is 4.31 Å². The molecule has 6 nitrogen and oxygen atoms in total. The maximum atomic E-state index is 13.2. The molecule has 1 aliphatic heterocycles. The highest BCUT2D eigenvalue weighted by molar-refractivity contribution is 8.04. The zero-order chi connectivity index (χ0) is 18.3. The van der Waals surface area contributed by atoms with Gasteiger partial charge in [0.05, 0.1) is 5.56 Å². The van der Waals surface area contributed by atoms with E-state index in [4.69, 9.17) is 11.1 Å². The van der Waals surface area contributed by atoms with E-state index in [2.05, 4.69) is 0 Å². The van der Waals surface area contributed by atoms with Crippen LogP contribution in [0.15, 0.2) is 18.2 Å². The molecular formula is C13H16F4N4O2S. The topological polar surface area (TPSA) is 90.5 Å². The van der Waals surface area contributed by atoms with Crippen molar-refractivity contribution in [2.45, 2.75) is 19.1 Å². The molecular weight excluding hydrogens is 352 g/mol. The molecule has 1 atom stereocenters. The first-order valence-electron chi connectivity index (χ1n) is 6.92. The number of benzene rings is 1. The van der Waals surface area contributed by atoms with Crippen LogP contribution in [0.1, 0.15) is 12.5 Å². The Balaban J connectivity index is 2.31. The van der Waals surface area contributed by atoms with E-state index in [9.17, 15) is 26.0 Å². The van der Waals surface area contributed by atoms with E-state index in [1.54, 1.807) is 0 Å². The van der Waals surface area contributed by atoms with Crippen molar-refractivity contribution in [2.75, 3.05) is 24.5 Å². The van der Waals surface area contributed by atoms with E-state index < -0.39 is 38.8 Å². The molecule has 1 heterocycles. The van der Waals surface area contributed by atoms with Crippen molar-refractivity contribution in [3.63, 3.8) is 0 Å². The van der Waals surface area contributed by atoms with E-state index >= 15 is 0 Å². The molecule has 0 aliphatic carbocycles. The number of nitrogens with one attached hydrogen (secondary N) is 1. The Kier molecular flexibility index (Phi) is 4.77. The summed E-state index contributed by atoms with van der Waals surface area (Å²) in [7, 11) is -4.11. The molecule has 0 aromatic heterocycles. The van der Waals surface area contributed by atoms with Gasteiger partial charge in [0, 0.05) is 31.4 Å². The van der Waals surface area contributed by atoms with Gasteiger partial charge in [-0.3, -0.25) is 5.41 Å². The Hall–Kier alpha value is -1.88. The van der Waals surface area contributed by atoms with Gasteiger partial charge in [0.15, 0.2) is 0 Å². The van der Waals surface area contributed by atoms with Gasteiger partial charge in [0.1, 0.15) is 5.82 Å². The third-order valence-electron chi connectivity index (χ3n) is 3.76. The second-order valence-corrected chi connectivity index (χ2v) is 7.29. The molecule has 1 unspecified atom stereocenters. The third kappa shape index (κ3) is 3.46. The fourth-order valence-electron chi connectivity index (χ4n) is 2.65. The number of nitrogens with zero attached hydrogens (tertiary/aromatic N) is 2. The van der Waals surface area contributed by atoms with Gasteiger partial charge < -0.3 is 10.6 Å². The minimum absolute atomic E-state index is 0.0361. The lowest BCUT2D eigenvalue weighted by molar-refractivity contribution is -0.137. The van der Waals surface area contributed by atoms with Gasteiger partial charge >= 0.3 is 6.18 Å². The molecule has 11 heteroatoms. The molecule has 3 N–H and O–H groups in total. The normalized spacial score (nSPS) is 20.2. The van der Waals surface area contributed by atoms with Gasteiger partial charge in [-0.2, -0.15) is 17.5 Å². The van der Waals surface area contributed by atoms with E-state index in [0.29, 0.717) is 6.07 Å². The Bertz CT molecular complexity index is 751. The van der Waals surface area contributed by atoms with Crippen LogP contribution in [0.25, 0.3) is 0 Å². The summed E-state index contributed by atoms with van der Waals surface area (Å²) < 4.78 is 77.4. The smallest absolute Gasteiger partial charge is 0.373 e. The number of hydrogen-bond acceptors (Lipinski definition) is 4. The molecule has 0 amide bonds. The number of sulfonamides is 1. The number of anilines is 1. The Labute approximate surface area is 136 Å². The zero-order valence-electron chi connectivity index (χ0n) is 12.6. The summed E-state index contributed by atoms with van der Waals surface area (Å²) in [5, 5.41) is 6.11. The fraction of sp³-hybridized carbons (Fsp3) is 0.462. The molecule has 1 fully saturated rings. The average molecular weight is 368 g/mol. The summed E-state index contributed by atoms with van der Waals surface area (Å²) in [5.41, 5.74) is 3.73. The number of hydrogen-bond donors (Lipinski definition) is 2. The van der Waals surface area contributed by atoms with Crippen molar-refractivity contribution in [2.24, 2.45) is 5.73 Å². The highest BCUT2D eigenvalue weighted by Crippen LogP contribution is 2.37. The lowest BCUT2D eigenvalue weighted by Gasteiger charge is -2.40. The summed E-state index contributed by atoms with van der Waals surface area (Å²) in [6.07, 6.45) is -4.73.